The van der Waals surface area contributed by atoms with E-state index in [0.717, 1.165) is 19.7 Å². The van der Waals surface area contributed by atoms with Crippen LogP contribution in [0.4, 0.5) is 0 Å². The van der Waals surface area contributed by atoms with Gasteiger partial charge in [0.25, 0.3) is 0 Å². The molecule has 0 amide bonds. The van der Waals surface area contributed by atoms with E-state index < -0.39 is 0 Å². The molecule has 1 aliphatic rings. The van der Waals surface area contributed by atoms with Gasteiger partial charge in [0, 0.05) is 13.7 Å². The summed E-state index contributed by atoms with van der Waals surface area (Å²) in [4.78, 5) is 2.26. The van der Waals surface area contributed by atoms with E-state index in [-0.39, 0.29) is 30.4 Å². The van der Waals surface area contributed by atoms with Gasteiger partial charge in [-0.2, -0.15) is 0 Å². The highest BCUT2D eigenvalue weighted by atomic mass is 35.5. The molecule has 0 aromatic carbocycles. The Morgan fingerprint density at radius 1 is 1.38 bits per heavy atom. The van der Waals surface area contributed by atoms with Crippen LogP contribution < -0.4 is 5.32 Å². The highest BCUT2D eigenvalue weighted by Crippen LogP contribution is 2.20. The van der Waals surface area contributed by atoms with Crippen molar-refractivity contribution in [1.82, 2.24) is 10.2 Å². The Kier molecular flexibility index (Phi) is 8.38. The average Bonchev–Trinajstić information content (AvgIpc) is 2.38. The average molecular weight is 231 g/mol. The Morgan fingerprint density at radius 2 is 2.00 bits per heavy atom. The van der Waals surface area contributed by atoms with Crippen molar-refractivity contribution in [2.45, 2.75) is 12.0 Å². The number of methoxy groups -OCH3 is 1. The summed E-state index contributed by atoms with van der Waals surface area (Å²) in [6.07, 6.45) is 1.19. The van der Waals surface area contributed by atoms with Crippen molar-refractivity contribution in [2.75, 3.05) is 40.9 Å². The topological polar surface area (TPSA) is 24.5 Å². The minimum atomic E-state index is 0. The van der Waals surface area contributed by atoms with Gasteiger partial charge in [-0.05, 0) is 27.1 Å². The Hall–Kier alpha value is 0.460. The molecule has 0 aromatic heterocycles. The lowest BCUT2D eigenvalue weighted by Gasteiger charge is -2.34. The minimum Gasteiger partial charge on any atom is -0.383 e. The molecule has 1 aliphatic heterocycles. The van der Waals surface area contributed by atoms with Crippen LogP contribution in [-0.4, -0.2) is 51.3 Å². The van der Waals surface area contributed by atoms with E-state index in [2.05, 4.69) is 24.3 Å². The molecule has 1 fully saturated rings. The van der Waals surface area contributed by atoms with E-state index in [1.165, 1.54) is 6.42 Å². The van der Waals surface area contributed by atoms with Gasteiger partial charge in [0.1, 0.15) is 0 Å². The van der Waals surface area contributed by atoms with Crippen molar-refractivity contribution in [3.63, 3.8) is 0 Å². The monoisotopic (exact) mass is 230 g/mol. The number of halogens is 2. The first-order valence-corrected chi connectivity index (χ1v) is 4.08. The lowest BCUT2D eigenvalue weighted by atomic mass is 9.99. The minimum absolute atomic E-state index is 0. The number of ether oxygens (including phenoxy) is 1. The first-order chi connectivity index (χ1) is 5.21. The second kappa shape index (κ2) is 6.85. The van der Waals surface area contributed by atoms with Gasteiger partial charge in [0.15, 0.2) is 0 Å². The predicted octanol–water partition coefficient (Wildman–Crippen LogP) is 0.770. The molecule has 0 bridgehead atoms. The van der Waals surface area contributed by atoms with Gasteiger partial charge in [-0.3, -0.25) is 0 Å². The van der Waals surface area contributed by atoms with Crippen molar-refractivity contribution < 1.29 is 4.74 Å². The smallest absolute Gasteiger partial charge is 0.0659 e. The number of hydrogen-bond donors (Lipinski definition) is 1. The lowest BCUT2D eigenvalue weighted by Crippen LogP contribution is -2.49. The standard InChI is InChI=1S/C8H18N2O.2ClH/c1-10(2)8(7-11-3)4-5-9-6-8;;/h9H,4-7H2,1-3H3;2*1H. The molecule has 0 aliphatic carbocycles. The summed E-state index contributed by atoms with van der Waals surface area (Å²) in [7, 11) is 6.00. The fraction of sp³-hybridized carbons (Fsp3) is 1.00. The molecule has 5 heteroatoms. The quantitative estimate of drug-likeness (QED) is 0.776. The molecule has 1 atom stereocenters. The fourth-order valence-electron chi connectivity index (χ4n) is 1.63. The van der Waals surface area contributed by atoms with Crippen LogP contribution in [0, 0.1) is 0 Å². The normalized spacial score (nSPS) is 26.8. The first-order valence-electron chi connectivity index (χ1n) is 4.08. The number of likely N-dealkylation sites (N-methyl/N-ethyl adjacent to an activating group) is 1. The molecule has 1 saturated heterocycles. The van der Waals surface area contributed by atoms with Crippen LogP contribution in [0.3, 0.4) is 0 Å². The zero-order valence-electron chi connectivity index (χ0n) is 8.50. The summed E-state index contributed by atoms with van der Waals surface area (Å²) in [5.41, 5.74) is 0.245. The van der Waals surface area contributed by atoms with E-state index >= 15 is 0 Å². The molecule has 0 saturated carbocycles. The Labute approximate surface area is 93.0 Å². The maximum absolute atomic E-state index is 5.21. The fourth-order valence-corrected chi connectivity index (χ4v) is 1.63. The van der Waals surface area contributed by atoms with Crippen LogP contribution in [0.1, 0.15) is 6.42 Å². The van der Waals surface area contributed by atoms with Crippen LogP contribution in [0.2, 0.25) is 0 Å². The zero-order valence-corrected chi connectivity index (χ0v) is 10.1. The van der Waals surface area contributed by atoms with Gasteiger partial charge in [0.05, 0.1) is 12.1 Å². The van der Waals surface area contributed by atoms with Gasteiger partial charge in [-0.1, -0.05) is 0 Å². The third-order valence-electron chi connectivity index (χ3n) is 2.58. The molecule has 13 heavy (non-hydrogen) atoms. The van der Waals surface area contributed by atoms with Crippen molar-refractivity contribution in [3.05, 3.63) is 0 Å². The van der Waals surface area contributed by atoms with E-state index in [4.69, 9.17) is 4.74 Å². The molecule has 0 spiro atoms. The maximum atomic E-state index is 5.21. The van der Waals surface area contributed by atoms with E-state index in [1.807, 2.05) is 0 Å². The van der Waals surface area contributed by atoms with Crippen LogP contribution in [-0.2, 0) is 4.74 Å². The highest BCUT2D eigenvalue weighted by molar-refractivity contribution is 5.85. The summed E-state index contributed by atoms with van der Waals surface area (Å²) in [6.45, 7) is 2.99. The molecular formula is C8H20Cl2N2O. The largest absolute Gasteiger partial charge is 0.383 e. The van der Waals surface area contributed by atoms with Gasteiger partial charge < -0.3 is 15.0 Å². The van der Waals surface area contributed by atoms with E-state index in [9.17, 15) is 0 Å². The SMILES string of the molecule is COCC1(N(C)C)CCNC1.Cl.Cl. The molecular weight excluding hydrogens is 211 g/mol. The number of rotatable bonds is 3. The van der Waals surface area contributed by atoms with Gasteiger partial charge in [0.2, 0.25) is 0 Å². The molecule has 1 rings (SSSR count). The van der Waals surface area contributed by atoms with Crippen LogP contribution in [0.15, 0.2) is 0 Å². The predicted molar refractivity (Wildman–Crippen MR) is 60.3 cm³/mol. The Morgan fingerprint density at radius 3 is 2.31 bits per heavy atom. The third kappa shape index (κ3) is 3.60. The Balaban J connectivity index is 0. The van der Waals surface area contributed by atoms with E-state index in [0.29, 0.717) is 0 Å². The number of hydrogen-bond acceptors (Lipinski definition) is 3. The molecule has 0 radical (unpaired) electrons. The molecule has 1 unspecified atom stereocenters. The lowest BCUT2D eigenvalue weighted by molar-refractivity contribution is 0.0541. The third-order valence-corrected chi connectivity index (χ3v) is 2.58. The van der Waals surface area contributed by atoms with Crippen LogP contribution in [0.25, 0.3) is 0 Å². The number of nitrogens with one attached hydrogen (secondary N) is 1. The van der Waals surface area contributed by atoms with Gasteiger partial charge in [-0.25, -0.2) is 0 Å². The van der Waals surface area contributed by atoms with Crippen molar-refractivity contribution in [2.24, 2.45) is 0 Å². The zero-order chi connectivity index (χ0) is 8.32. The molecule has 1 heterocycles. The Bertz CT molecular complexity index is 127. The van der Waals surface area contributed by atoms with Crippen molar-refractivity contribution in [3.8, 4) is 0 Å². The molecule has 1 N–H and O–H groups in total. The molecule has 3 nitrogen and oxygen atoms in total. The first kappa shape index (κ1) is 15.9. The van der Waals surface area contributed by atoms with Gasteiger partial charge in [-0.15, -0.1) is 24.8 Å². The van der Waals surface area contributed by atoms with Gasteiger partial charge >= 0.3 is 0 Å². The second-order valence-electron chi connectivity index (χ2n) is 3.48. The van der Waals surface area contributed by atoms with Crippen molar-refractivity contribution in [1.29, 1.82) is 0 Å². The summed E-state index contributed by atoms with van der Waals surface area (Å²) in [5.74, 6) is 0. The summed E-state index contributed by atoms with van der Waals surface area (Å²) < 4.78 is 5.21. The number of nitrogens with zero attached hydrogens (tertiary/aromatic N) is 1. The summed E-state index contributed by atoms with van der Waals surface area (Å²) in [5, 5.41) is 3.36. The van der Waals surface area contributed by atoms with Crippen molar-refractivity contribution >= 4 is 24.8 Å². The molecule has 0 aromatic rings. The highest BCUT2D eigenvalue weighted by Gasteiger charge is 2.35. The second-order valence-corrected chi connectivity index (χ2v) is 3.48. The molecule has 82 valence electrons. The maximum Gasteiger partial charge on any atom is 0.0659 e. The van der Waals surface area contributed by atoms with Crippen LogP contribution >= 0.6 is 24.8 Å². The summed E-state index contributed by atoms with van der Waals surface area (Å²) >= 11 is 0. The van der Waals surface area contributed by atoms with Crippen LogP contribution in [0.5, 0.6) is 0 Å². The van der Waals surface area contributed by atoms with E-state index in [1.54, 1.807) is 7.11 Å². The summed E-state index contributed by atoms with van der Waals surface area (Å²) in [6, 6.07) is 0.